The molecule has 0 amide bonds. The van der Waals surface area contributed by atoms with Crippen molar-refractivity contribution in [1.29, 1.82) is 0 Å². The maximum atomic E-state index is 15.4. The van der Waals surface area contributed by atoms with E-state index in [9.17, 15) is 17.2 Å². The van der Waals surface area contributed by atoms with Crippen molar-refractivity contribution in [2.45, 2.75) is 4.90 Å². The van der Waals surface area contributed by atoms with Crippen LogP contribution in [0.4, 0.5) is 23.2 Å². The summed E-state index contributed by atoms with van der Waals surface area (Å²) in [6.07, 6.45) is 3.78. The van der Waals surface area contributed by atoms with Crippen LogP contribution < -0.4 is 9.46 Å². The monoisotopic (exact) mass is 518 g/mol. The molecule has 3 N–H and O–H groups in total. The predicted octanol–water partition coefficient (Wildman–Crippen LogP) is 4.38. The lowest BCUT2D eigenvalue weighted by Crippen LogP contribution is -2.16. The van der Waals surface area contributed by atoms with Crippen LogP contribution in [-0.2, 0) is 10.0 Å². The van der Waals surface area contributed by atoms with Gasteiger partial charge in [-0.05, 0) is 12.1 Å². The Morgan fingerprint density at radius 2 is 1.78 bits per heavy atom. The molecule has 0 unspecified atom stereocenters. The van der Waals surface area contributed by atoms with Crippen molar-refractivity contribution in [1.82, 2.24) is 25.1 Å². The molecular formula is C22H14F4N6O3S. The van der Waals surface area contributed by atoms with Crippen molar-refractivity contribution < 1.29 is 30.7 Å². The summed E-state index contributed by atoms with van der Waals surface area (Å²) in [4.78, 5) is 9.70. The van der Waals surface area contributed by atoms with Crippen LogP contribution in [0.5, 0.6) is 5.88 Å². The lowest BCUT2D eigenvalue weighted by molar-refractivity contribution is 0.382. The Labute approximate surface area is 200 Å². The molecule has 0 radical (unpaired) electrons. The summed E-state index contributed by atoms with van der Waals surface area (Å²) < 4.78 is 91.2. The van der Waals surface area contributed by atoms with E-state index >= 15 is 8.78 Å². The van der Waals surface area contributed by atoms with E-state index in [1.54, 1.807) is 6.20 Å². The summed E-state index contributed by atoms with van der Waals surface area (Å²) in [7, 11) is -3.59. The third kappa shape index (κ3) is 3.90. The largest absolute Gasteiger partial charge is 0.480 e. The van der Waals surface area contributed by atoms with Gasteiger partial charge in [-0.2, -0.15) is 5.10 Å². The Hall–Kier alpha value is -4.46. The first-order chi connectivity index (χ1) is 17.2. The predicted molar refractivity (Wildman–Crippen MR) is 121 cm³/mol. The van der Waals surface area contributed by atoms with Gasteiger partial charge in [-0.15, -0.1) is 0 Å². The van der Waals surface area contributed by atoms with Gasteiger partial charge in [0.25, 0.3) is 10.0 Å². The normalized spacial score (nSPS) is 11.7. The number of hydrogen-bond acceptors (Lipinski definition) is 6. The number of ether oxygens (including phenoxy) is 1. The highest BCUT2D eigenvalue weighted by molar-refractivity contribution is 7.92. The van der Waals surface area contributed by atoms with E-state index in [1.165, 1.54) is 18.3 Å². The topological polar surface area (TPSA) is 126 Å². The van der Waals surface area contributed by atoms with E-state index < -0.39 is 55.3 Å². The van der Waals surface area contributed by atoms with Crippen LogP contribution >= 0.6 is 0 Å². The highest BCUT2D eigenvalue weighted by Gasteiger charge is 2.26. The average molecular weight is 518 g/mol. The number of aromatic nitrogens is 5. The fourth-order valence-corrected chi connectivity index (χ4v) is 4.83. The lowest BCUT2D eigenvalue weighted by atomic mass is 10.0. The zero-order valence-electron chi connectivity index (χ0n) is 18.1. The number of H-pyrrole nitrogens is 2. The van der Waals surface area contributed by atoms with Crippen molar-refractivity contribution in [3.63, 3.8) is 0 Å². The van der Waals surface area contributed by atoms with Crippen molar-refractivity contribution >= 4 is 26.6 Å². The van der Waals surface area contributed by atoms with Gasteiger partial charge < -0.3 is 9.72 Å². The number of pyridine rings is 1. The molecule has 0 saturated carbocycles. The van der Waals surface area contributed by atoms with Crippen LogP contribution in [0.15, 0.2) is 53.8 Å². The van der Waals surface area contributed by atoms with Gasteiger partial charge in [-0.3, -0.25) is 9.82 Å². The lowest BCUT2D eigenvalue weighted by Gasteiger charge is -2.14. The van der Waals surface area contributed by atoms with Gasteiger partial charge in [0.05, 0.1) is 19.0 Å². The van der Waals surface area contributed by atoms with Gasteiger partial charge in [0, 0.05) is 41.0 Å². The molecule has 0 atom stereocenters. The van der Waals surface area contributed by atoms with Gasteiger partial charge in [0.15, 0.2) is 22.4 Å². The summed E-state index contributed by atoms with van der Waals surface area (Å²) in [6, 6.07) is 4.52. The van der Waals surface area contributed by atoms with E-state index in [4.69, 9.17) is 4.74 Å². The molecule has 2 aromatic carbocycles. The van der Waals surface area contributed by atoms with Gasteiger partial charge in [0.1, 0.15) is 22.8 Å². The minimum absolute atomic E-state index is 0.166. The fraction of sp³-hybridized carbons (Fsp3) is 0.0455. The molecule has 0 bridgehead atoms. The first-order valence-corrected chi connectivity index (χ1v) is 11.6. The molecule has 3 heterocycles. The summed E-state index contributed by atoms with van der Waals surface area (Å²) in [5.74, 6) is -4.39. The number of methoxy groups -OCH3 is 1. The molecule has 9 nitrogen and oxygen atoms in total. The van der Waals surface area contributed by atoms with Crippen LogP contribution in [0.1, 0.15) is 0 Å². The smallest absolute Gasteiger partial charge is 0.267 e. The Balaban J connectivity index is 1.60. The first-order valence-electron chi connectivity index (χ1n) is 10.1. The second-order valence-electron chi connectivity index (χ2n) is 7.44. The highest BCUT2D eigenvalue weighted by Crippen LogP contribution is 2.36. The summed E-state index contributed by atoms with van der Waals surface area (Å²) in [5, 5.41) is 6.89. The van der Waals surface area contributed by atoms with Gasteiger partial charge >= 0.3 is 0 Å². The van der Waals surface area contributed by atoms with Crippen molar-refractivity contribution in [3.05, 3.63) is 72.2 Å². The molecule has 5 aromatic rings. The summed E-state index contributed by atoms with van der Waals surface area (Å²) in [6.45, 7) is 0. The molecule has 0 saturated heterocycles. The van der Waals surface area contributed by atoms with E-state index in [0.29, 0.717) is 35.1 Å². The number of imidazole rings is 1. The summed E-state index contributed by atoms with van der Waals surface area (Å²) in [5.41, 5.74) is -1.57. The second-order valence-corrected chi connectivity index (χ2v) is 9.09. The van der Waals surface area contributed by atoms with E-state index in [0.717, 1.165) is 13.3 Å². The van der Waals surface area contributed by atoms with Crippen LogP contribution in [0.2, 0.25) is 0 Å². The molecular weight excluding hydrogens is 504 g/mol. The highest BCUT2D eigenvalue weighted by atomic mass is 32.2. The molecule has 5 rings (SSSR count). The number of aromatic amines is 2. The molecule has 36 heavy (non-hydrogen) atoms. The molecule has 0 aliphatic carbocycles. The third-order valence-electron chi connectivity index (χ3n) is 5.24. The van der Waals surface area contributed by atoms with E-state index in [2.05, 4.69) is 25.1 Å². The van der Waals surface area contributed by atoms with Gasteiger partial charge in [-0.25, -0.2) is 35.9 Å². The van der Waals surface area contributed by atoms with Crippen LogP contribution in [0, 0.1) is 23.3 Å². The molecule has 0 spiro atoms. The molecule has 184 valence electrons. The SMILES string of the molecule is COc1ncc(F)cc1S(=O)(=O)Nc1cc(F)cc(-c2ccc3c(-c4ncc[nH]4)[nH]nc3c2F)c1F. The average Bonchev–Trinajstić information content (AvgIpc) is 3.52. The van der Waals surface area contributed by atoms with Crippen LogP contribution in [0.25, 0.3) is 33.5 Å². The number of rotatable bonds is 6. The minimum atomic E-state index is -4.69. The number of nitrogens with one attached hydrogen (secondary N) is 3. The fourth-order valence-electron chi connectivity index (χ4n) is 3.65. The van der Waals surface area contributed by atoms with Crippen molar-refractivity contribution in [3.8, 4) is 28.5 Å². The van der Waals surface area contributed by atoms with Crippen molar-refractivity contribution in [2.24, 2.45) is 0 Å². The Kier molecular flexibility index (Phi) is 5.59. The van der Waals surface area contributed by atoms with Crippen LogP contribution in [-0.4, -0.2) is 40.7 Å². The maximum Gasteiger partial charge on any atom is 0.267 e. The summed E-state index contributed by atoms with van der Waals surface area (Å²) >= 11 is 0. The number of hydrogen-bond donors (Lipinski definition) is 3. The molecule has 3 aromatic heterocycles. The van der Waals surface area contributed by atoms with E-state index in [1.807, 2.05) is 4.72 Å². The van der Waals surface area contributed by atoms with Crippen molar-refractivity contribution in [2.75, 3.05) is 11.8 Å². The standard InChI is InChI=1S/C22H14F4N6O3S/c1-35-22-16(8-11(24)9-29-22)36(33,34)32-15-7-10(23)6-14(17(15)25)12-2-3-13-19(18(12)26)30-31-20(13)21-27-4-5-28-21/h2-9,32H,1H3,(H,27,28)(H,30,31). The first kappa shape index (κ1) is 23.3. The Bertz CT molecular complexity index is 1720. The molecule has 14 heteroatoms. The number of nitrogens with zero attached hydrogens (tertiary/aromatic N) is 3. The zero-order chi connectivity index (χ0) is 25.6. The van der Waals surface area contributed by atoms with Gasteiger partial charge in [-0.1, -0.05) is 6.07 Å². The second kappa shape index (κ2) is 8.64. The van der Waals surface area contributed by atoms with Crippen LogP contribution in [0.3, 0.4) is 0 Å². The Morgan fingerprint density at radius 3 is 2.50 bits per heavy atom. The number of sulfonamides is 1. The van der Waals surface area contributed by atoms with Gasteiger partial charge in [0.2, 0.25) is 5.88 Å². The molecule has 0 fully saturated rings. The number of fused-ring (bicyclic) bond motifs is 1. The third-order valence-corrected chi connectivity index (χ3v) is 6.60. The maximum absolute atomic E-state index is 15.4. The minimum Gasteiger partial charge on any atom is -0.480 e. The quantitative estimate of drug-likeness (QED) is 0.287. The van der Waals surface area contributed by atoms with E-state index in [-0.39, 0.29) is 11.1 Å². The zero-order valence-corrected chi connectivity index (χ0v) is 18.9. The number of benzene rings is 2. The number of anilines is 1. The Morgan fingerprint density at radius 1 is 0.972 bits per heavy atom. The molecule has 0 aliphatic rings. The number of halogens is 4. The molecule has 0 aliphatic heterocycles.